The summed E-state index contributed by atoms with van der Waals surface area (Å²) >= 11 is 1.14. The highest BCUT2D eigenvalue weighted by atomic mass is 32.2. The summed E-state index contributed by atoms with van der Waals surface area (Å²) in [5.74, 6) is 0.608. The highest BCUT2D eigenvalue weighted by molar-refractivity contribution is 7.99. The van der Waals surface area contributed by atoms with Crippen molar-refractivity contribution in [1.29, 1.82) is 0 Å². The van der Waals surface area contributed by atoms with E-state index in [0.717, 1.165) is 24.6 Å². The number of hydrogen-bond acceptors (Lipinski definition) is 7. The summed E-state index contributed by atoms with van der Waals surface area (Å²) < 4.78 is 12.6. The van der Waals surface area contributed by atoms with E-state index >= 15 is 0 Å². The Kier molecular flexibility index (Phi) is 5.44. The maximum Gasteiger partial charge on any atom is 0.325 e. The van der Waals surface area contributed by atoms with Crippen LogP contribution < -0.4 is 25.7 Å². The summed E-state index contributed by atoms with van der Waals surface area (Å²) in [4.78, 5) is 42.0. The van der Waals surface area contributed by atoms with Crippen LogP contribution in [0.25, 0.3) is 10.9 Å². The number of carbonyl (C=O) groups excluding carboxylic acids is 2. The second kappa shape index (κ2) is 8.54. The number of carbonyl (C=O) groups is 2. The van der Waals surface area contributed by atoms with E-state index in [9.17, 15) is 14.4 Å². The van der Waals surface area contributed by atoms with Gasteiger partial charge in [0.15, 0.2) is 16.7 Å². The van der Waals surface area contributed by atoms with Crippen LogP contribution >= 0.6 is 11.8 Å². The van der Waals surface area contributed by atoms with Gasteiger partial charge >= 0.3 is 6.03 Å². The standard InChI is InChI=1S/C22H20N4O5S/c27-19(25-21(29)23-13-5-8-17-18(11-13)31-10-9-30-17)12-32-22-24-16-4-2-1-3-15(16)20(28)26(22)14-6-7-14/h1-5,8,11,14H,6-7,9-10,12H2,(H2,23,25,27,29). The molecule has 9 nitrogen and oxygen atoms in total. The van der Waals surface area contributed by atoms with Crippen molar-refractivity contribution in [3.63, 3.8) is 0 Å². The van der Waals surface area contributed by atoms with Crippen molar-refractivity contribution < 1.29 is 19.1 Å². The van der Waals surface area contributed by atoms with Crippen LogP contribution in [0.1, 0.15) is 18.9 Å². The molecule has 1 aliphatic heterocycles. The van der Waals surface area contributed by atoms with Crippen LogP contribution in [0.3, 0.4) is 0 Å². The van der Waals surface area contributed by atoms with Crippen LogP contribution in [0.2, 0.25) is 0 Å². The molecule has 2 aromatic carbocycles. The molecule has 1 aromatic heterocycles. The zero-order chi connectivity index (χ0) is 22.1. The van der Waals surface area contributed by atoms with Crippen molar-refractivity contribution in [2.45, 2.75) is 24.0 Å². The number of aromatic nitrogens is 2. The van der Waals surface area contributed by atoms with Gasteiger partial charge in [0.25, 0.3) is 5.56 Å². The van der Waals surface area contributed by atoms with Gasteiger partial charge in [-0.2, -0.15) is 0 Å². The average molecular weight is 452 g/mol. The normalized spacial score (nSPS) is 14.8. The minimum Gasteiger partial charge on any atom is -0.486 e. The number of anilines is 1. The molecule has 0 atom stereocenters. The zero-order valence-corrected chi connectivity index (χ0v) is 17.8. The number of urea groups is 1. The van der Waals surface area contributed by atoms with Crippen molar-refractivity contribution in [2.24, 2.45) is 0 Å². The van der Waals surface area contributed by atoms with Crippen LogP contribution in [0.15, 0.2) is 52.4 Å². The first-order valence-electron chi connectivity index (χ1n) is 10.2. The Labute approximate surface area is 187 Å². The number of amides is 3. The Morgan fingerprint density at radius 1 is 1.09 bits per heavy atom. The zero-order valence-electron chi connectivity index (χ0n) is 17.0. The number of ether oxygens (including phenoxy) is 2. The van der Waals surface area contributed by atoms with E-state index in [0.29, 0.717) is 46.5 Å². The summed E-state index contributed by atoms with van der Waals surface area (Å²) in [5, 5.41) is 5.95. The summed E-state index contributed by atoms with van der Waals surface area (Å²) in [6.07, 6.45) is 1.83. The lowest BCUT2D eigenvalue weighted by Crippen LogP contribution is -2.35. The quantitative estimate of drug-likeness (QED) is 0.452. The highest BCUT2D eigenvalue weighted by Crippen LogP contribution is 2.37. The summed E-state index contributed by atoms with van der Waals surface area (Å²) in [6.45, 7) is 0.917. The fourth-order valence-corrected chi connectivity index (χ4v) is 4.32. The second-order valence-corrected chi connectivity index (χ2v) is 8.41. The van der Waals surface area contributed by atoms with E-state index in [1.807, 2.05) is 12.1 Å². The van der Waals surface area contributed by atoms with Gasteiger partial charge in [-0.3, -0.25) is 19.5 Å². The van der Waals surface area contributed by atoms with Crippen molar-refractivity contribution in [2.75, 3.05) is 24.3 Å². The van der Waals surface area contributed by atoms with E-state index in [4.69, 9.17) is 9.47 Å². The molecule has 1 fully saturated rings. The predicted octanol–water partition coefficient (Wildman–Crippen LogP) is 2.94. The molecule has 0 spiro atoms. The molecule has 1 aliphatic carbocycles. The van der Waals surface area contributed by atoms with Crippen LogP contribution in [0.5, 0.6) is 11.5 Å². The Bertz CT molecular complexity index is 1270. The van der Waals surface area contributed by atoms with Crippen molar-refractivity contribution in [1.82, 2.24) is 14.9 Å². The fraction of sp³-hybridized carbons (Fsp3) is 0.273. The molecule has 0 radical (unpaired) electrons. The molecule has 2 aliphatic rings. The molecule has 164 valence electrons. The van der Waals surface area contributed by atoms with Gasteiger partial charge in [0.1, 0.15) is 13.2 Å². The molecule has 0 saturated heterocycles. The highest BCUT2D eigenvalue weighted by Gasteiger charge is 2.28. The molecule has 32 heavy (non-hydrogen) atoms. The number of rotatable bonds is 5. The Hall–Kier alpha value is -3.53. The number of imide groups is 1. The molecule has 3 amide bonds. The number of nitrogens with one attached hydrogen (secondary N) is 2. The van der Waals surface area contributed by atoms with Gasteiger partial charge in [-0.1, -0.05) is 23.9 Å². The second-order valence-electron chi connectivity index (χ2n) is 7.47. The van der Waals surface area contributed by atoms with Gasteiger partial charge in [-0.05, 0) is 37.1 Å². The van der Waals surface area contributed by atoms with Crippen LogP contribution in [-0.4, -0.2) is 40.5 Å². The summed E-state index contributed by atoms with van der Waals surface area (Å²) in [6, 6.07) is 11.6. The first-order valence-corrected chi connectivity index (χ1v) is 11.2. The van der Waals surface area contributed by atoms with Crippen molar-refractivity contribution in [3.8, 4) is 11.5 Å². The molecule has 2 heterocycles. The van der Waals surface area contributed by atoms with Crippen LogP contribution in [0, 0.1) is 0 Å². The third-order valence-corrected chi connectivity index (χ3v) is 6.03. The average Bonchev–Trinajstić information content (AvgIpc) is 3.63. The number of thioether (sulfide) groups is 1. The van der Waals surface area contributed by atoms with E-state index < -0.39 is 11.9 Å². The topological polar surface area (TPSA) is 112 Å². The third-order valence-electron chi connectivity index (χ3n) is 5.07. The van der Waals surface area contributed by atoms with E-state index in [1.165, 1.54) is 0 Å². The van der Waals surface area contributed by atoms with Crippen molar-refractivity contribution >= 4 is 40.3 Å². The molecule has 2 N–H and O–H groups in total. The van der Waals surface area contributed by atoms with Gasteiger partial charge in [0.2, 0.25) is 5.91 Å². The van der Waals surface area contributed by atoms with Crippen LogP contribution in [-0.2, 0) is 4.79 Å². The first-order chi connectivity index (χ1) is 15.6. The molecular formula is C22H20N4O5S. The number of hydrogen-bond donors (Lipinski definition) is 2. The fourth-order valence-electron chi connectivity index (χ4n) is 3.46. The number of benzene rings is 2. The lowest BCUT2D eigenvalue weighted by atomic mass is 10.2. The molecule has 0 bridgehead atoms. The van der Waals surface area contributed by atoms with Gasteiger partial charge in [0.05, 0.1) is 16.7 Å². The molecule has 1 saturated carbocycles. The van der Waals surface area contributed by atoms with Gasteiger partial charge in [0, 0.05) is 17.8 Å². The molecule has 5 rings (SSSR count). The first kappa shape index (κ1) is 20.4. The maximum atomic E-state index is 12.9. The third kappa shape index (κ3) is 4.26. The lowest BCUT2D eigenvalue weighted by Gasteiger charge is -2.19. The molecule has 10 heteroatoms. The molecule has 3 aromatic rings. The van der Waals surface area contributed by atoms with E-state index in [-0.39, 0.29) is 17.4 Å². The van der Waals surface area contributed by atoms with Gasteiger partial charge in [-0.15, -0.1) is 0 Å². The van der Waals surface area contributed by atoms with E-state index in [2.05, 4.69) is 15.6 Å². The Balaban J connectivity index is 1.23. The smallest absolute Gasteiger partial charge is 0.325 e. The van der Waals surface area contributed by atoms with Crippen LogP contribution in [0.4, 0.5) is 10.5 Å². The number of fused-ring (bicyclic) bond motifs is 2. The largest absolute Gasteiger partial charge is 0.486 e. The lowest BCUT2D eigenvalue weighted by molar-refractivity contribution is -0.117. The van der Waals surface area contributed by atoms with Gasteiger partial charge in [-0.25, -0.2) is 9.78 Å². The maximum absolute atomic E-state index is 12.9. The minimum atomic E-state index is -0.654. The summed E-state index contributed by atoms with van der Waals surface area (Å²) in [5.41, 5.74) is 0.969. The van der Waals surface area contributed by atoms with Crippen molar-refractivity contribution in [3.05, 3.63) is 52.8 Å². The predicted molar refractivity (Wildman–Crippen MR) is 120 cm³/mol. The van der Waals surface area contributed by atoms with E-state index in [1.54, 1.807) is 34.9 Å². The minimum absolute atomic E-state index is 0.0495. The number of para-hydroxylation sites is 1. The molecule has 0 unspecified atom stereocenters. The Morgan fingerprint density at radius 2 is 1.88 bits per heavy atom. The summed E-state index contributed by atoms with van der Waals surface area (Å²) in [7, 11) is 0. The Morgan fingerprint density at radius 3 is 2.69 bits per heavy atom. The molecular weight excluding hydrogens is 432 g/mol. The monoisotopic (exact) mass is 452 g/mol. The van der Waals surface area contributed by atoms with Gasteiger partial charge < -0.3 is 14.8 Å². The SMILES string of the molecule is O=C(CSc1nc2ccccc2c(=O)n1C1CC1)NC(=O)Nc1ccc2c(c1)OCCO2. The number of nitrogens with zero attached hydrogens (tertiary/aromatic N) is 2.